The molecule has 0 fully saturated rings. The zero-order chi connectivity index (χ0) is 20.9. The maximum absolute atomic E-state index is 11.9. The molecule has 1 atom stereocenters. The fraction of sp³-hybridized carbons (Fsp3) is 0.500. The Hall–Kier alpha value is -2.36. The second-order valence-corrected chi connectivity index (χ2v) is 8.34. The summed E-state index contributed by atoms with van der Waals surface area (Å²) >= 11 is 0. The van der Waals surface area contributed by atoms with Crippen molar-refractivity contribution in [2.75, 3.05) is 6.54 Å². The molecule has 0 saturated heterocycles. The van der Waals surface area contributed by atoms with Crippen LogP contribution in [0.5, 0.6) is 0 Å². The number of ether oxygens (including phenoxy) is 1. The molecule has 1 aromatic carbocycles. The van der Waals surface area contributed by atoms with E-state index in [9.17, 15) is 4.79 Å². The summed E-state index contributed by atoms with van der Waals surface area (Å²) in [6.07, 6.45) is 1.53. The van der Waals surface area contributed by atoms with E-state index < -0.39 is 5.60 Å². The number of hydrogen-bond donors (Lipinski definition) is 1. The van der Waals surface area contributed by atoms with Gasteiger partial charge in [0.2, 0.25) is 0 Å². The number of nitrogens with one attached hydrogen (secondary N) is 1. The van der Waals surface area contributed by atoms with Crippen LogP contribution in [-0.4, -0.2) is 23.2 Å². The lowest BCUT2D eigenvalue weighted by Gasteiger charge is -2.21. The van der Waals surface area contributed by atoms with Crippen molar-refractivity contribution in [3.63, 3.8) is 0 Å². The van der Waals surface area contributed by atoms with Crippen LogP contribution in [-0.2, 0) is 17.6 Å². The average molecular weight is 383 g/mol. The third-order valence-electron chi connectivity index (χ3n) is 4.85. The fourth-order valence-electron chi connectivity index (χ4n) is 3.23. The monoisotopic (exact) mass is 382 g/mol. The van der Waals surface area contributed by atoms with Crippen LogP contribution in [0.15, 0.2) is 30.3 Å². The van der Waals surface area contributed by atoms with Gasteiger partial charge in [-0.3, -0.25) is 4.98 Å². The van der Waals surface area contributed by atoms with Gasteiger partial charge in [-0.1, -0.05) is 45.0 Å². The molecule has 1 aromatic heterocycles. The van der Waals surface area contributed by atoms with Crippen molar-refractivity contribution in [2.24, 2.45) is 0 Å². The van der Waals surface area contributed by atoms with Gasteiger partial charge in [0.25, 0.3) is 0 Å². The third-order valence-corrected chi connectivity index (χ3v) is 4.85. The standard InChI is InChI=1S/C24H34N2O2/c1-8-18-14-21(22(9-2)26-17(18)4)20-12-10-19(11-13-20)16(3)15-25-23(27)28-24(5,6)7/h10-14,16H,8-9,15H2,1-7H3,(H,25,27). The molecule has 0 spiro atoms. The van der Waals surface area contributed by atoms with Gasteiger partial charge in [-0.05, 0) is 69.2 Å². The van der Waals surface area contributed by atoms with E-state index in [-0.39, 0.29) is 12.0 Å². The van der Waals surface area contributed by atoms with E-state index in [2.05, 4.69) is 63.3 Å². The van der Waals surface area contributed by atoms with Crippen molar-refractivity contribution in [3.8, 4) is 11.1 Å². The molecule has 4 nitrogen and oxygen atoms in total. The number of carbonyl (C=O) groups excluding carboxylic acids is 1. The number of alkyl carbamates (subject to hydrolysis) is 1. The molecule has 2 aromatic rings. The predicted octanol–water partition coefficient (Wildman–Crippen LogP) is 5.81. The van der Waals surface area contributed by atoms with Gasteiger partial charge >= 0.3 is 6.09 Å². The van der Waals surface area contributed by atoms with Gasteiger partial charge in [-0.2, -0.15) is 0 Å². The Bertz CT molecular complexity index is 805. The molecule has 1 unspecified atom stereocenters. The van der Waals surface area contributed by atoms with Gasteiger partial charge < -0.3 is 10.1 Å². The van der Waals surface area contributed by atoms with E-state index in [1.165, 1.54) is 22.3 Å². The minimum Gasteiger partial charge on any atom is -0.444 e. The Morgan fingerprint density at radius 2 is 1.79 bits per heavy atom. The lowest BCUT2D eigenvalue weighted by atomic mass is 9.95. The molecule has 0 bridgehead atoms. The molecular weight excluding hydrogens is 348 g/mol. The van der Waals surface area contributed by atoms with E-state index in [1.54, 1.807) is 0 Å². The molecule has 0 radical (unpaired) electrons. The van der Waals surface area contributed by atoms with E-state index >= 15 is 0 Å². The first-order chi connectivity index (χ1) is 13.1. The van der Waals surface area contributed by atoms with Crippen molar-refractivity contribution < 1.29 is 9.53 Å². The molecule has 1 amide bonds. The Balaban J connectivity index is 2.12. The molecular formula is C24H34N2O2. The van der Waals surface area contributed by atoms with Gasteiger partial charge in [-0.15, -0.1) is 0 Å². The van der Waals surface area contributed by atoms with Crippen molar-refractivity contribution in [1.29, 1.82) is 0 Å². The van der Waals surface area contributed by atoms with Crippen LogP contribution in [0.1, 0.15) is 70.0 Å². The minimum atomic E-state index is -0.481. The van der Waals surface area contributed by atoms with Gasteiger partial charge in [0.1, 0.15) is 5.60 Å². The third kappa shape index (κ3) is 5.82. The van der Waals surface area contributed by atoms with Crippen molar-refractivity contribution >= 4 is 6.09 Å². The summed E-state index contributed by atoms with van der Waals surface area (Å²) in [6, 6.07) is 10.9. The summed E-state index contributed by atoms with van der Waals surface area (Å²) in [6.45, 7) is 14.6. The molecule has 152 valence electrons. The van der Waals surface area contributed by atoms with Crippen LogP contribution in [0, 0.1) is 6.92 Å². The van der Waals surface area contributed by atoms with Crippen LogP contribution in [0.25, 0.3) is 11.1 Å². The number of aryl methyl sites for hydroxylation is 3. The number of carbonyl (C=O) groups is 1. The van der Waals surface area contributed by atoms with E-state index in [0.717, 1.165) is 24.2 Å². The Kier molecular flexibility index (Phi) is 7.22. The second-order valence-electron chi connectivity index (χ2n) is 8.34. The molecule has 0 saturated carbocycles. The maximum atomic E-state index is 11.9. The van der Waals surface area contributed by atoms with Gasteiger partial charge in [0.15, 0.2) is 0 Å². The van der Waals surface area contributed by atoms with E-state index in [1.807, 2.05) is 20.8 Å². The van der Waals surface area contributed by atoms with Gasteiger partial charge in [0, 0.05) is 23.5 Å². The van der Waals surface area contributed by atoms with Crippen LogP contribution < -0.4 is 5.32 Å². The van der Waals surface area contributed by atoms with E-state index in [4.69, 9.17) is 9.72 Å². The predicted molar refractivity (Wildman–Crippen MR) is 116 cm³/mol. The smallest absolute Gasteiger partial charge is 0.407 e. The first-order valence-corrected chi connectivity index (χ1v) is 10.2. The first-order valence-electron chi connectivity index (χ1n) is 10.2. The fourth-order valence-corrected chi connectivity index (χ4v) is 3.23. The summed E-state index contributed by atoms with van der Waals surface area (Å²) in [5.41, 5.74) is 6.68. The molecule has 0 aliphatic rings. The Morgan fingerprint density at radius 1 is 1.14 bits per heavy atom. The van der Waals surface area contributed by atoms with Crippen molar-refractivity contribution in [3.05, 3.63) is 52.8 Å². The van der Waals surface area contributed by atoms with Crippen LogP contribution >= 0.6 is 0 Å². The Morgan fingerprint density at radius 3 is 2.32 bits per heavy atom. The minimum absolute atomic E-state index is 0.203. The number of hydrogen-bond acceptors (Lipinski definition) is 3. The Labute approximate surface area is 169 Å². The van der Waals surface area contributed by atoms with Crippen LogP contribution in [0.3, 0.4) is 0 Å². The number of rotatable bonds is 6. The lowest BCUT2D eigenvalue weighted by molar-refractivity contribution is 0.0525. The number of nitrogens with zero attached hydrogens (tertiary/aromatic N) is 1. The largest absolute Gasteiger partial charge is 0.444 e. The SMILES string of the molecule is CCc1cc(-c2ccc(C(C)CNC(=O)OC(C)(C)C)cc2)c(CC)nc1C. The summed E-state index contributed by atoms with van der Waals surface area (Å²) in [4.78, 5) is 16.7. The van der Waals surface area contributed by atoms with Crippen LogP contribution in [0.4, 0.5) is 4.79 Å². The molecule has 0 aliphatic heterocycles. The zero-order valence-electron chi connectivity index (χ0n) is 18.3. The van der Waals surface area contributed by atoms with E-state index in [0.29, 0.717) is 6.54 Å². The second kappa shape index (κ2) is 9.22. The highest BCUT2D eigenvalue weighted by atomic mass is 16.6. The summed E-state index contributed by atoms with van der Waals surface area (Å²) in [5.74, 6) is 0.203. The topological polar surface area (TPSA) is 51.2 Å². The van der Waals surface area contributed by atoms with Crippen LogP contribution in [0.2, 0.25) is 0 Å². The summed E-state index contributed by atoms with van der Waals surface area (Å²) < 4.78 is 5.30. The number of pyridine rings is 1. The average Bonchev–Trinajstić information content (AvgIpc) is 2.64. The number of benzene rings is 1. The lowest BCUT2D eigenvalue weighted by Crippen LogP contribution is -2.34. The number of amides is 1. The quantitative estimate of drug-likeness (QED) is 0.686. The first kappa shape index (κ1) is 21.9. The zero-order valence-corrected chi connectivity index (χ0v) is 18.3. The molecule has 4 heteroatoms. The summed E-state index contributed by atoms with van der Waals surface area (Å²) in [7, 11) is 0. The molecule has 1 N–H and O–H groups in total. The molecule has 1 heterocycles. The highest BCUT2D eigenvalue weighted by Gasteiger charge is 2.17. The summed E-state index contributed by atoms with van der Waals surface area (Å²) in [5, 5.41) is 2.85. The van der Waals surface area contributed by atoms with Gasteiger partial charge in [0.05, 0.1) is 0 Å². The highest BCUT2D eigenvalue weighted by molar-refractivity contribution is 5.68. The highest BCUT2D eigenvalue weighted by Crippen LogP contribution is 2.27. The molecule has 2 rings (SSSR count). The number of aromatic nitrogens is 1. The molecule has 28 heavy (non-hydrogen) atoms. The maximum Gasteiger partial charge on any atom is 0.407 e. The van der Waals surface area contributed by atoms with Crippen molar-refractivity contribution in [2.45, 2.75) is 72.8 Å². The van der Waals surface area contributed by atoms with Gasteiger partial charge in [-0.25, -0.2) is 4.79 Å². The molecule has 0 aliphatic carbocycles. The van der Waals surface area contributed by atoms with Crippen molar-refractivity contribution in [1.82, 2.24) is 10.3 Å². The normalized spacial score (nSPS) is 12.5.